The highest BCUT2D eigenvalue weighted by Crippen LogP contribution is 2.21. The maximum atomic E-state index is 11.9. The Balaban J connectivity index is 1.51. The van der Waals surface area contributed by atoms with Gasteiger partial charge in [0, 0.05) is 29.2 Å². The predicted molar refractivity (Wildman–Crippen MR) is 96.6 cm³/mol. The van der Waals surface area contributed by atoms with Gasteiger partial charge < -0.3 is 15.1 Å². The van der Waals surface area contributed by atoms with Gasteiger partial charge in [0.15, 0.2) is 0 Å². The monoisotopic (exact) mass is 356 g/mol. The Labute approximate surface area is 150 Å². The molecular formula is C18H17ClN4O2. The topological polar surface area (TPSA) is 80.0 Å². The number of aromatic nitrogens is 2. The largest absolute Gasteiger partial charge is 0.421 e. The van der Waals surface area contributed by atoms with Crippen LogP contribution in [-0.4, -0.2) is 22.8 Å². The van der Waals surface area contributed by atoms with E-state index in [2.05, 4.69) is 20.8 Å². The van der Waals surface area contributed by atoms with Crippen LogP contribution in [0, 0.1) is 6.92 Å². The molecule has 2 N–H and O–H groups in total. The van der Waals surface area contributed by atoms with Crippen LogP contribution in [0.1, 0.15) is 11.5 Å². The predicted octanol–water partition coefficient (Wildman–Crippen LogP) is 4.06. The summed E-state index contributed by atoms with van der Waals surface area (Å²) in [5.41, 5.74) is 2.61. The van der Waals surface area contributed by atoms with Crippen molar-refractivity contribution >= 4 is 23.3 Å². The zero-order valence-corrected chi connectivity index (χ0v) is 14.4. The van der Waals surface area contributed by atoms with Crippen molar-refractivity contribution in [3.63, 3.8) is 0 Å². The molecule has 0 unspecified atom stereocenters. The summed E-state index contributed by atoms with van der Waals surface area (Å²) in [5, 5.41) is 14.1. The Morgan fingerprint density at radius 2 is 2.00 bits per heavy atom. The van der Waals surface area contributed by atoms with Gasteiger partial charge in [-0.15, -0.1) is 10.2 Å². The van der Waals surface area contributed by atoms with Gasteiger partial charge in [0.25, 0.3) is 0 Å². The smallest absolute Gasteiger partial charge is 0.319 e. The van der Waals surface area contributed by atoms with Crippen molar-refractivity contribution in [2.75, 3.05) is 11.9 Å². The number of rotatable bonds is 5. The Morgan fingerprint density at radius 1 is 1.16 bits per heavy atom. The summed E-state index contributed by atoms with van der Waals surface area (Å²) in [7, 11) is 0. The van der Waals surface area contributed by atoms with Crippen LogP contribution in [0.4, 0.5) is 10.5 Å². The minimum absolute atomic E-state index is 0.319. The molecule has 0 saturated heterocycles. The fourth-order valence-corrected chi connectivity index (χ4v) is 2.49. The SMILES string of the molecule is Cc1ccccc1-c1nnc(CCNC(=O)Nc2cccc(Cl)c2)o1. The van der Waals surface area contributed by atoms with Crippen molar-refractivity contribution in [2.24, 2.45) is 0 Å². The van der Waals surface area contributed by atoms with Gasteiger partial charge in [-0.25, -0.2) is 4.79 Å². The van der Waals surface area contributed by atoms with Crippen LogP contribution in [0.25, 0.3) is 11.5 Å². The maximum absolute atomic E-state index is 11.9. The van der Waals surface area contributed by atoms with E-state index in [9.17, 15) is 4.79 Å². The summed E-state index contributed by atoms with van der Waals surface area (Å²) in [6.45, 7) is 2.36. The van der Waals surface area contributed by atoms with E-state index >= 15 is 0 Å². The number of aryl methyl sites for hydroxylation is 1. The van der Waals surface area contributed by atoms with Gasteiger partial charge in [-0.2, -0.15) is 0 Å². The van der Waals surface area contributed by atoms with Crippen molar-refractivity contribution in [3.8, 4) is 11.5 Å². The molecule has 3 rings (SSSR count). The summed E-state index contributed by atoms with van der Waals surface area (Å²) < 4.78 is 5.65. The lowest BCUT2D eigenvalue weighted by Gasteiger charge is -2.06. The molecule has 0 aliphatic carbocycles. The van der Waals surface area contributed by atoms with Crippen LogP contribution in [0.2, 0.25) is 5.02 Å². The van der Waals surface area contributed by atoms with Crippen molar-refractivity contribution < 1.29 is 9.21 Å². The van der Waals surface area contributed by atoms with Crippen molar-refractivity contribution in [3.05, 3.63) is 65.0 Å². The molecule has 25 heavy (non-hydrogen) atoms. The number of benzene rings is 2. The van der Waals surface area contributed by atoms with Crippen molar-refractivity contribution in [1.29, 1.82) is 0 Å². The molecule has 0 atom stereocenters. The normalized spacial score (nSPS) is 10.5. The molecule has 2 aromatic carbocycles. The first-order chi connectivity index (χ1) is 12.1. The van der Waals surface area contributed by atoms with E-state index in [0.29, 0.717) is 35.5 Å². The molecule has 3 aromatic rings. The first-order valence-corrected chi connectivity index (χ1v) is 8.18. The third kappa shape index (κ3) is 4.58. The van der Waals surface area contributed by atoms with Crippen LogP contribution in [0.5, 0.6) is 0 Å². The number of halogens is 1. The highest BCUT2D eigenvalue weighted by atomic mass is 35.5. The molecule has 1 aromatic heterocycles. The zero-order chi connectivity index (χ0) is 17.6. The lowest BCUT2D eigenvalue weighted by atomic mass is 10.1. The minimum atomic E-state index is -0.319. The first-order valence-electron chi connectivity index (χ1n) is 7.80. The lowest BCUT2D eigenvalue weighted by molar-refractivity contribution is 0.252. The van der Waals surface area contributed by atoms with E-state index in [1.54, 1.807) is 24.3 Å². The third-order valence-corrected chi connectivity index (χ3v) is 3.78. The average molecular weight is 357 g/mol. The molecule has 1 heterocycles. The second kappa shape index (κ2) is 7.81. The van der Waals surface area contributed by atoms with Crippen LogP contribution >= 0.6 is 11.6 Å². The van der Waals surface area contributed by atoms with E-state index < -0.39 is 0 Å². The highest BCUT2D eigenvalue weighted by Gasteiger charge is 2.10. The highest BCUT2D eigenvalue weighted by molar-refractivity contribution is 6.30. The number of carbonyl (C=O) groups excluding carboxylic acids is 1. The van der Waals surface area contributed by atoms with Gasteiger partial charge in [-0.05, 0) is 36.8 Å². The number of anilines is 1. The summed E-state index contributed by atoms with van der Waals surface area (Å²) in [6, 6.07) is 14.4. The quantitative estimate of drug-likeness (QED) is 0.722. The van der Waals surface area contributed by atoms with Crippen LogP contribution in [-0.2, 0) is 6.42 Å². The number of amides is 2. The van der Waals surface area contributed by atoms with Crippen LogP contribution in [0.15, 0.2) is 52.9 Å². The number of carbonyl (C=O) groups is 1. The molecule has 0 saturated carbocycles. The molecule has 0 aliphatic rings. The molecule has 0 aliphatic heterocycles. The summed E-state index contributed by atoms with van der Waals surface area (Å²) >= 11 is 5.88. The molecule has 0 fully saturated rings. The van der Waals surface area contributed by atoms with Gasteiger partial charge in [-0.3, -0.25) is 0 Å². The second-order valence-corrected chi connectivity index (χ2v) is 5.89. The van der Waals surface area contributed by atoms with Crippen LogP contribution < -0.4 is 10.6 Å². The molecular weight excluding hydrogens is 340 g/mol. The van der Waals surface area contributed by atoms with Gasteiger partial charge in [0.05, 0.1) is 0 Å². The van der Waals surface area contributed by atoms with E-state index in [0.717, 1.165) is 11.1 Å². The minimum Gasteiger partial charge on any atom is -0.421 e. The third-order valence-electron chi connectivity index (χ3n) is 3.55. The summed E-state index contributed by atoms with van der Waals surface area (Å²) in [6.07, 6.45) is 0.446. The van der Waals surface area contributed by atoms with E-state index in [1.165, 1.54) is 0 Å². The fourth-order valence-electron chi connectivity index (χ4n) is 2.30. The molecule has 0 spiro atoms. The Morgan fingerprint density at radius 3 is 2.80 bits per heavy atom. The molecule has 7 heteroatoms. The number of hydrogen-bond donors (Lipinski definition) is 2. The average Bonchev–Trinajstić information content (AvgIpc) is 3.04. The number of hydrogen-bond acceptors (Lipinski definition) is 4. The fraction of sp³-hybridized carbons (Fsp3) is 0.167. The summed E-state index contributed by atoms with van der Waals surface area (Å²) in [5.74, 6) is 0.956. The number of nitrogens with zero attached hydrogens (tertiary/aromatic N) is 2. The van der Waals surface area contributed by atoms with E-state index in [-0.39, 0.29) is 6.03 Å². The molecule has 128 valence electrons. The van der Waals surface area contributed by atoms with Gasteiger partial charge in [0.2, 0.25) is 11.8 Å². The second-order valence-electron chi connectivity index (χ2n) is 5.46. The molecule has 0 radical (unpaired) electrons. The Bertz CT molecular complexity index is 879. The van der Waals surface area contributed by atoms with Crippen LogP contribution in [0.3, 0.4) is 0 Å². The van der Waals surface area contributed by atoms with Gasteiger partial charge >= 0.3 is 6.03 Å². The zero-order valence-electron chi connectivity index (χ0n) is 13.6. The lowest BCUT2D eigenvalue weighted by Crippen LogP contribution is -2.30. The molecule has 6 nitrogen and oxygen atoms in total. The Kier molecular flexibility index (Phi) is 5.30. The number of nitrogens with one attached hydrogen (secondary N) is 2. The summed E-state index contributed by atoms with van der Waals surface area (Å²) in [4.78, 5) is 11.9. The number of urea groups is 1. The standard InChI is InChI=1S/C18H17ClN4O2/c1-12-5-2-3-8-15(12)17-23-22-16(25-17)9-10-20-18(24)21-14-7-4-6-13(19)11-14/h2-8,11H,9-10H2,1H3,(H2,20,21,24). The molecule has 2 amide bonds. The van der Waals surface area contributed by atoms with Crippen molar-refractivity contribution in [2.45, 2.75) is 13.3 Å². The Hall–Kier alpha value is -2.86. The first kappa shape index (κ1) is 17.0. The van der Waals surface area contributed by atoms with Crippen molar-refractivity contribution in [1.82, 2.24) is 15.5 Å². The molecule has 0 bridgehead atoms. The maximum Gasteiger partial charge on any atom is 0.319 e. The van der Waals surface area contributed by atoms with Gasteiger partial charge in [0.1, 0.15) is 0 Å². The van der Waals surface area contributed by atoms with E-state index in [1.807, 2.05) is 31.2 Å². The van der Waals surface area contributed by atoms with E-state index in [4.69, 9.17) is 16.0 Å². The van der Waals surface area contributed by atoms with Gasteiger partial charge in [-0.1, -0.05) is 35.9 Å².